The number of hydrogen-bond acceptors (Lipinski definition) is 1. The first-order chi connectivity index (χ1) is 9.20. The van der Waals surface area contributed by atoms with E-state index >= 15 is 0 Å². The largest absolute Gasteiger partial charge is 0.313 e. The van der Waals surface area contributed by atoms with Gasteiger partial charge in [0.2, 0.25) is 0 Å². The van der Waals surface area contributed by atoms with E-state index in [9.17, 15) is 0 Å². The molecule has 1 atom stereocenters. The second-order valence-electron chi connectivity index (χ2n) is 6.41. The highest BCUT2D eigenvalue weighted by atomic mass is 14.9. The summed E-state index contributed by atoms with van der Waals surface area (Å²) >= 11 is 0. The molecule has 1 saturated carbocycles. The molecule has 0 saturated heterocycles. The van der Waals surface area contributed by atoms with Crippen LogP contribution in [0.25, 0.3) is 0 Å². The van der Waals surface area contributed by atoms with Crippen LogP contribution >= 0.6 is 0 Å². The molecule has 2 rings (SSSR count). The van der Waals surface area contributed by atoms with Crippen molar-refractivity contribution in [2.24, 2.45) is 5.92 Å². The molecular formula is C18H29N. The summed E-state index contributed by atoms with van der Waals surface area (Å²) in [4.78, 5) is 0. The Labute approximate surface area is 118 Å². The predicted molar refractivity (Wildman–Crippen MR) is 83.5 cm³/mol. The first-order valence-electron chi connectivity index (χ1n) is 7.99. The molecule has 1 unspecified atom stereocenters. The minimum absolute atomic E-state index is 0.366. The lowest BCUT2D eigenvalue weighted by molar-refractivity contribution is 0.237. The van der Waals surface area contributed by atoms with Crippen LogP contribution in [-0.4, -0.2) is 12.6 Å². The lowest BCUT2D eigenvalue weighted by atomic mass is 9.69. The normalized spacial score (nSPS) is 19.8. The van der Waals surface area contributed by atoms with Crippen molar-refractivity contribution in [3.63, 3.8) is 0 Å². The van der Waals surface area contributed by atoms with Crippen LogP contribution in [0.3, 0.4) is 0 Å². The average molecular weight is 259 g/mol. The summed E-state index contributed by atoms with van der Waals surface area (Å²) in [5, 5.41) is 3.85. The van der Waals surface area contributed by atoms with Crippen molar-refractivity contribution in [1.82, 2.24) is 5.32 Å². The van der Waals surface area contributed by atoms with E-state index in [1.165, 1.54) is 32.1 Å². The fourth-order valence-corrected chi connectivity index (χ4v) is 3.92. The third-order valence-electron chi connectivity index (χ3n) is 4.72. The molecule has 1 nitrogen and oxygen atoms in total. The molecule has 1 fully saturated rings. The van der Waals surface area contributed by atoms with Crippen molar-refractivity contribution >= 4 is 0 Å². The van der Waals surface area contributed by atoms with Crippen molar-refractivity contribution < 1.29 is 0 Å². The molecule has 0 bridgehead atoms. The van der Waals surface area contributed by atoms with Crippen molar-refractivity contribution in [3.05, 3.63) is 35.9 Å². The Hall–Kier alpha value is -0.820. The van der Waals surface area contributed by atoms with Gasteiger partial charge in [0, 0.05) is 11.5 Å². The predicted octanol–water partition coefficient (Wildman–Crippen LogP) is 4.52. The fourth-order valence-electron chi connectivity index (χ4n) is 3.92. The van der Waals surface area contributed by atoms with Gasteiger partial charge in [-0.15, -0.1) is 0 Å². The van der Waals surface area contributed by atoms with Gasteiger partial charge in [-0.05, 0) is 37.3 Å². The van der Waals surface area contributed by atoms with Crippen LogP contribution in [0.1, 0.15) is 58.4 Å². The lowest BCUT2D eigenvalue weighted by Gasteiger charge is -2.41. The van der Waals surface area contributed by atoms with Crippen LogP contribution < -0.4 is 5.32 Å². The van der Waals surface area contributed by atoms with Gasteiger partial charge in [0.25, 0.3) is 0 Å². The molecule has 1 N–H and O–H groups in total. The monoisotopic (exact) mass is 259 g/mol. The number of hydrogen-bond donors (Lipinski definition) is 1. The molecule has 0 amide bonds. The standard InChI is InChI=1S/C18H29N/c1-4-14-19-17(15(2)3)18(12-8-9-13-18)16-10-6-5-7-11-16/h5-7,10-11,15,17,19H,4,8-9,12-14H2,1-3H3. The zero-order chi connectivity index (χ0) is 13.7. The molecule has 0 spiro atoms. The van der Waals surface area contributed by atoms with E-state index in [1.807, 2.05) is 0 Å². The van der Waals surface area contributed by atoms with Crippen molar-refractivity contribution in [2.45, 2.75) is 64.3 Å². The van der Waals surface area contributed by atoms with E-state index < -0.39 is 0 Å². The van der Waals surface area contributed by atoms with Crippen molar-refractivity contribution in [3.8, 4) is 0 Å². The molecule has 0 aromatic heterocycles. The van der Waals surface area contributed by atoms with Gasteiger partial charge in [-0.1, -0.05) is 63.9 Å². The summed E-state index contributed by atoms with van der Waals surface area (Å²) in [6.07, 6.45) is 6.67. The van der Waals surface area contributed by atoms with Gasteiger partial charge >= 0.3 is 0 Å². The lowest BCUT2D eigenvalue weighted by Crippen LogP contribution is -2.50. The fraction of sp³-hybridized carbons (Fsp3) is 0.667. The summed E-state index contributed by atoms with van der Waals surface area (Å²) in [6.45, 7) is 8.14. The Morgan fingerprint density at radius 2 is 1.74 bits per heavy atom. The molecule has 1 heteroatoms. The first kappa shape index (κ1) is 14.6. The van der Waals surface area contributed by atoms with E-state index in [1.54, 1.807) is 5.56 Å². The Balaban J connectivity index is 2.31. The van der Waals surface area contributed by atoms with Crippen LogP contribution in [0.4, 0.5) is 0 Å². The molecule has 0 radical (unpaired) electrons. The van der Waals surface area contributed by atoms with E-state index in [2.05, 4.69) is 56.4 Å². The van der Waals surface area contributed by atoms with Crippen LogP contribution in [0.5, 0.6) is 0 Å². The number of benzene rings is 1. The third-order valence-corrected chi connectivity index (χ3v) is 4.72. The molecule has 1 aromatic rings. The molecule has 0 aliphatic heterocycles. The van der Waals surface area contributed by atoms with E-state index in [0.29, 0.717) is 17.4 Å². The molecule has 1 aliphatic carbocycles. The highest BCUT2D eigenvalue weighted by molar-refractivity contribution is 5.29. The van der Waals surface area contributed by atoms with Gasteiger partial charge in [0.15, 0.2) is 0 Å². The van der Waals surface area contributed by atoms with Crippen LogP contribution in [0.2, 0.25) is 0 Å². The van der Waals surface area contributed by atoms with Crippen LogP contribution in [0, 0.1) is 5.92 Å². The van der Waals surface area contributed by atoms with Gasteiger partial charge < -0.3 is 5.32 Å². The Morgan fingerprint density at radius 3 is 2.26 bits per heavy atom. The van der Waals surface area contributed by atoms with Crippen molar-refractivity contribution in [2.75, 3.05) is 6.54 Å². The van der Waals surface area contributed by atoms with Crippen LogP contribution in [-0.2, 0) is 5.41 Å². The van der Waals surface area contributed by atoms with Gasteiger partial charge in [-0.2, -0.15) is 0 Å². The second kappa shape index (κ2) is 6.56. The SMILES string of the molecule is CCCNC(C(C)C)C1(c2ccccc2)CCCC1. The van der Waals surface area contributed by atoms with E-state index in [-0.39, 0.29) is 0 Å². The second-order valence-corrected chi connectivity index (χ2v) is 6.41. The highest BCUT2D eigenvalue weighted by Crippen LogP contribution is 2.45. The number of rotatable bonds is 6. The van der Waals surface area contributed by atoms with E-state index in [0.717, 1.165) is 6.54 Å². The summed E-state index contributed by atoms with van der Waals surface area (Å²) in [6, 6.07) is 11.8. The Morgan fingerprint density at radius 1 is 1.11 bits per heavy atom. The molecule has 1 aromatic carbocycles. The highest BCUT2D eigenvalue weighted by Gasteiger charge is 2.43. The zero-order valence-electron chi connectivity index (χ0n) is 12.8. The van der Waals surface area contributed by atoms with Crippen molar-refractivity contribution in [1.29, 1.82) is 0 Å². The maximum atomic E-state index is 3.85. The minimum atomic E-state index is 0.366. The quantitative estimate of drug-likeness (QED) is 0.792. The van der Waals surface area contributed by atoms with Crippen LogP contribution in [0.15, 0.2) is 30.3 Å². The third kappa shape index (κ3) is 3.02. The molecule has 106 valence electrons. The average Bonchev–Trinajstić information content (AvgIpc) is 2.90. The minimum Gasteiger partial charge on any atom is -0.313 e. The topological polar surface area (TPSA) is 12.0 Å². The first-order valence-corrected chi connectivity index (χ1v) is 7.99. The van der Waals surface area contributed by atoms with Gasteiger partial charge in [0.1, 0.15) is 0 Å². The van der Waals surface area contributed by atoms with Gasteiger partial charge in [-0.3, -0.25) is 0 Å². The Kier molecular flexibility index (Phi) is 5.04. The van der Waals surface area contributed by atoms with Gasteiger partial charge in [0.05, 0.1) is 0 Å². The molecule has 0 heterocycles. The smallest absolute Gasteiger partial charge is 0.0187 e. The maximum Gasteiger partial charge on any atom is 0.0187 e. The Bertz CT molecular complexity index is 363. The molecule has 1 aliphatic rings. The summed E-state index contributed by atoms with van der Waals surface area (Å²) in [5.74, 6) is 0.685. The molecule has 19 heavy (non-hydrogen) atoms. The zero-order valence-corrected chi connectivity index (χ0v) is 12.8. The van der Waals surface area contributed by atoms with E-state index in [4.69, 9.17) is 0 Å². The number of nitrogens with one attached hydrogen (secondary N) is 1. The maximum absolute atomic E-state index is 3.85. The summed E-state index contributed by atoms with van der Waals surface area (Å²) in [5.41, 5.74) is 1.92. The molecular weight excluding hydrogens is 230 g/mol. The summed E-state index contributed by atoms with van der Waals surface area (Å²) < 4.78 is 0. The van der Waals surface area contributed by atoms with Gasteiger partial charge in [-0.25, -0.2) is 0 Å². The summed E-state index contributed by atoms with van der Waals surface area (Å²) in [7, 11) is 0.